The number of likely N-dealkylation sites (tertiary alicyclic amines) is 2. The van der Waals surface area contributed by atoms with Crippen LogP contribution in [0.5, 0.6) is 0 Å². The van der Waals surface area contributed by atoms with Crippen molar-refractivity contribution in [2.75, 3.05) is 6.54 Å². The molecule has 114 valence electrons. The van der Waals surface area contributed by atoms with Crippen molar-refractivity contribution in [3.05, 3.63) is 0 Å². The van der Waals surface area contributed by atoms with Crippen molar-refractivity contribution in [3.8, 4) is 0 Å². The molecular formula is C15H26N2O3. The Bertz CT molecular complexity index is 375. The van der Waals surface area contributed by atoms with Gasteiger partial charge in [-0.25, -0.2) is 9.59 Å². The van der Waals surface area contributed by atoms with Crippen LogP contribution in [0.15, 0.2) is 0 Å². The first-order valence-electron chi connectivity index (χ1n) is 7.75. The van der Waals surface area contributed by atoms with Crippen LogP contribution in [0, 0.1) is 5.92 Å². The lowest BCUT2D eigenvalue weighted by molar-refractivity contribution is -0.145. The summed E-state index contributed by atoms with van der Waals surface area (Å²) in [6.45, 7) is 6.63. The van der Waals surface area contributed by atoms with Crippen LogP contribution in [0.3, 0.4) is 0 Å². The molecule has 2 rings (SSSR count). The number of nitrogens with zero attached hydrogens (tertiary/aromatic N) is 2. The van der Waals surface area contributed by atoms with E-state index in [2.05, 4.69) is 13.8 Å². The first-order valence-corrected chi connectivity index (χ1v) is 7.75. The van der Waals surface area contributed by atoms with Gasteiger partial charge in [0.2, 0.25) is 0 Å². The minimum absolute atomic E-state index is 0.0283. The Balaban J connectivity index is 2.19. The number of hydrogen-bond acceptors (Lipinski definition) is 2. The number of carbonyl (C=O) groups excluding carboxylic acids is 1. The van der Waals surface area contributed by atoms with Crippen LogP contribution in [0.4, 0.5) is 4.79 Å². The van der Waals surface area contributed by atoms with Crippen LogP contribution >= 0.6 is 0 Å². The average molecular weight is 282 g/mol. The number of carbonyl (C=O) groups is 2. The monoisotopic (exact) mass is 282 g/mol. The molecule has 2 aliphatic rings. The Morgan fingerprint density at radius 2 is 1.60 bits per heavy atom. The average Bonchev–Trinajstić information content (AvgIpc) is 2.37. The third-order valence-electron chi connectivity index (χ3n) is 4.85. The van der Waals surface area contributed by atoms with Crippen molar-refractivity contribution in [3.63, 3.8) is 0 Å². The highest BCUT2D eigenvalue weighted by molar-refractivity contribution is 5.83. The van der Waals surface area contributed by atoms with Crippen LogP contribution in [-0.4, -0.2) is 51.6 Å². The first kappa shape index (κ1) is 15.1. The predicted octanol–water partition coefficient (Wildman–Crippen LogP) is 2.55. The van der Waals surface area contributed by atoms with Gasteiger partial charge in [-0.2, -0.15) is 0 Å². The van der Waals surface area contributed by atoms with Crippen LogP contribution < -0.4 is 0 Å². The molecular weight excluding hydrogens is 256 g/mol. The fourth-order valence-corrected chi connectivity index (χ4v) is 3.73. The summed E-state index contributed by atoms with van der Waals surface area (Å²) in [5.74, 6) is -0.844. The minimum Gasteiger partial charge on any atom is -0.480 e. The molecule has 2 aliphatic heterocycles. The van der Waals surface area contributed by atoms with Gasteiger partial charge in [-0.05, 0) is 51.9 Å². The maximum Gasteiger partial charge on any atom is 0.326 e. The van der Waals surface area contributed by atoms with Crippen LogP contribution in [-0.2, 0) is 4.79 Å². The second-order valence-corrected chi connectivity index (χ2v) is 6.41. The van der Waals surface area contributed by atoms with Gasteiger partial charge >= 0.3 is 12.0 Å². The molecule has 1 N–H and O–H groups in total. The second kappa shape index (κ2) is 6.02. The van der Waals surface area contributed by atoms with E-state index in [1.54, 1.807) is 4.90 Å². The van der Waals surface area contributed by atoms with E-state index in [0.717, 1.165) is 32.1 Å². The third kappa shape index (κ3) is 2.76. The van der Waals surface area contributed by atoms with Gasteiger partial charge in [0.1, 0.15) is 6.04 Å². The van der Waals surface area contributed by atoms with E-state index in [4.69, 9.17) is 0 Å². The lowest BCUT2D eigenvalue weighted by Gasteiger charge is -2.45. The summed E-state index contributed by atoms with van der Waals surface area (Å²) < 4.78 is 0. The third-order valence-corrected chi connectivity index (χ3v) is 4.85. The van der Waals surface area contributed by atoms with Gasteiger partial charge < -0.3 is 14.9 Å². The van der Waals surface area contributed by atoms with Gasteiger partial charge in [0.05, 0.1) is 0 Å². The smallest absolute Gasteiger partial charge is 0.326 e. The minimum atomic E-state index is -0.872. The molecule has 2 saturated heterocycles. The molecule has 0 bridgehead atoms. The van der Waals surface area contributed by atoms with Crippen molar-refractivity contribution in [1.82, 2.24) is 9.80 Å². The maximum atomic E-state index is 12.8. The van der Waals surface area contributed by atoms with Gasteiger partial charge in [0.25, 0.3) is 0 Å². The maximum absolute atomic E-state index is 12.8. The molecule has 2 unspecified atom stereocenters. The Kier molecular flexibility index (Phi) is 4.55. The molecule has 4 atom stereocenters. The van der Waals surface area contributed by atoms with Gasteiger partial charge in [-0.15, -0.1) is 0 Å². The number of piperidine rings is 2. The van der Waals surface area contributed by atoms with E-state index in [9.17, 15) is 14.7 Å². The second-order valence-electron chi connectivity index (χ2n) is 6.41. The van der Waals surface area contributed by atoms with Gasteiger partial charge in [0.15, 0.2) is 0 Å². The summed E-state index contributed by atoms with van der Waals surface area (Å²) in [5.41, 5.74) is 0. The number of carboxylic acids is 1. The highest BCUT2D eigenvalue weighted by atomic mass is 16.4. The van der Waals surface area contributed by atoms with Crippen molar-refractivity contribution in [2.45, 2.75) is 71.0 Å². The van der Waals surface area contributed by atoms with Crippen LogP contribution in [0.25, 0.3) is 0 Å². The normalized spacial score (nSPS) is 35.0. The molecule has 0 aromatic carbocycles. The number of aliphatic carboxylic acids is 1. The van der Waals surface area contributed by atoms with E-state index in [0.29, 0.717) is 6.54 Å². The number of amides is 2. The summed E-state index contributed by atoms with van der Waals surface area (Å²) in [6.07, 6.45) is 4.94. The van der Waals surface area contributed by atoms with Crippen molar-refractivity contribution in [2.24, 2.45) is 5.92 Å². The molecule has 0 aliphatic carbocycles. The standard InChI is InChI=1S/C15H26N2O3/c1-10-6-5-9-16(13(10)14(18)19)15(20)17-11(2)7-4-8-12(17)3/h10-13H,4-9H2,1-3H3,(H,18,19)/t10?,11-,12+,13?. The van der Waals surface area contributed by atoms with Gasteiger partial charge in [-0.3, -0.25) is 0 Å². The van der Waals surface area contributed by atoms with Crippen molar-refractivity contribution in [1.29, 1.82) is 0 Å². The lowest BCUT2D eigenvalue weighted by Crippen LogP contribution is -2.59. The zero-order chi connectivity index (χ0) is 14.9. The van der Waals surface area contributed by atoms with Crippen LogP contribution in [0.2, 0.25) is 0 Å². The molecule has 2 fully saturated rings. The summed E-state index contributed by atoms with van der Waals surface area (Å²) >= 11 is 0. The van der Waals surface area contributed by atoms with E-state index >= 15 is 0 Å². The summed E-state index contributed by atoms with van der Waals surface area (Å²) in [6, 6.07) is -0.336. The molecule has 0 aromatic rings. The SMILES string of the molecule is CC1CCCN(C(=O)N2[C@H](C)CCC[C@@H]2C)C1C(=O)O. The molecule has 5 nitrogen and oxygen atoms in total. The van der Waals surface area contributed by atoms with Crippen molar-refractivity contribution < 1.29 is 14.7 Å². The van der Waals surface area contributed by atoms with Crippen LogP contribution in [0.1, 0.15) is 52.9 Å². The largest absolute Gasteiger partial charge is 0.480 e. The summed E-state index contributed by atoms with van der Waals surface area (Å²) in [5, 5.41) is 9.45. The molecule has 2 heterocycles. The van der Waals surface area contributed by atoms with Gasteiger partial charge in [-0.1, -0.05) is 6.92 Å². The molecule has 2 amide bonds. The highest BCUT2D eigenvalue weighted by Crippen LogP contribution is 2.29. The first-order chi connectivity index (χ1) is 9.43. The molecule has 0 aromatic heterocycles. The van der Waals surface area contributed by atoms with E-state index in [1.807, 2.05) is 11.8 Å². The zero-order valence-corrected chi connectivity index (χ0v) is 12.7. The molecule has 20 heavy (non-hydrogen) atoms. The van der Waals surface area contributed by atoms with E-state index in [-0.39, 0.29) is 24.0 Å². The number of hydrogen-bond donors (Lipinski definition) is 1. The molecule has 0 spiro atoms. The van der Waals surface area contributed by atoms with E-state index < -0.39 is 12.0 Å². The lowest BCUT2D eigenvalue weighted by atomic mass is 9.90. The number of rotatable bonds is 1. The molecule has 5 heteroatoms. The Morgan fingerprint density at radius 1 is 1.00 bits per heavy atom. The number of carboxylic acid groups (broad SMARTS) is 1. The fraction of sp³-hybridized carbons (Fsp3) is 0.867. The summed E-state index contributed by atoms with van der Waals surface area (Å²) in [4.78, 5) is 27.8. The highest BCUT2D eigenvalue weighted by Gasteiger charge is 2.41. The Hall–Kier alpha value is -1.26. The quantitative estimate of drug-likeness (QED) is 0.804. The summed E-state index contributed by atoms with van der Waals surface area (Å²) in [7, 11) is 0. The molecule has 0 saturated carbocycles. The van der Waals surface area contributed by atoms with E-state index in [1.165, 1.54) is 0 Å². The van der Waals surface area contributed by atoms with Gasteiger partial charge in [0, 0.05) is 18.6 Å². The fourth-order valence-electron chi connectivity index (χ4n) is 3.73. The molecule has 0 radical (unpaired) electrons. The Morgan fingerprint density at radius 3 is 2.15 bits per heavy atom. The number of urea groups is 1. The Labute approximate surface area is 120 Å². The predicted molar refractivity (Wildman–Crippen MR) is 76.5 cm³/mol. The topological polar surface area (TPSA) is 60.9 Å². The zero-order valence-electron chi connectivity index (χ0n) is 12.7. The van der Waals surface area contributed by atoms with Crippen molar-refractivity contribution >= 4 is 12.0 Å².